The highest BCUT2D eigenvalue weighted by atomic mass is 35.5. The molecule has 110 valence electrons. The first-order valence-electron chi connectivity index (χ1n) is 7.30. The highest BCUT2D eigenvalue weighted by Gasteiger charge is 2.22. The Hall–Kier alpha value is -1.29. The van der Waals surface area contributed by atoms with Crippen molar-refractivity contribution in [2.75, 3.05) is 25.0 Å². The fraction of sp³-hybridized carbons (Fsp3) is 0.600. The average molecular weight is 296 g/mol. The summed E-state index contributed by atoms with van der Waals surface area (Å²) in [6.45, 7) is 6.74. The van der Waals surface area contributed by atoms with Crippen LogP contribution in [0.3, 0.4) is 0 Å². The summed E-state index contributed by atoms with van der Waals surface area (Å²) in [5.41, 5.74) is 0.575. The number of hydrogen-bond donors (Lipinski definition) is 1. The number of likely N-dealkylation sites (tertiary alicyclic amines) is 1. The van der Waals surface area contributed by atoms with Crippen molar-refractivity contribution in [1.29, 1.82) is 0 Å². The van der Waals surface area contributed by atoms with Crippen LogP contribution in [0.2, 0.25) is 5.02 Å². The van der Waals surface area contributed by atoms with Crippen LogP contribution in [0.15, 0.2) is 12.3 Å². The second kappa shape index (κ2) is 6.93. The summed E-state index contributed by atoms with van der Waals surface area (Å²) in [4.78, 5) is 18.6. The van der Waals surface area contributed by atoms with Gasteiger partial charge in [-0.15, -0.1) is 0 Å². The summed E-state index contributed by atoms with van der Waals surface area (Å²) >= 11 is 6.18. The zero-order chi connectivity index (χ0) is 14.5. The van der Waals surface area contributed by atoms with Gasteiger partial charge in [0.05, 0.1) is 10.6 Å². The van der Waals surface area contributed by atoms with Gasteiger partial charge in [-0.1, -0.05) is 25.4 Å². The Kier molecular flexibility index (Phi) is 5.24. The maximum absolute atomic E-state index is 12.4. The van der Waals surface area contributed by atoms with E-state index in [0.29, 0.717) is 22.3 Å². The lowest BCUT2D eigenvalue weighted by molar-refractivity contribution is 0.0682. The van der Waals surface area contributed by atoms with Gasteiger partial charge >= 0.3 is 0 Å². The molecule has 4 nitrogen and oxygen atoms in total. The molecule has 0 aromatic carbocycles. The second-order valence-electron chi connectivity index (χ2n) is 5.48. The van der Waals surface area contributed by atoms with Gasteiger partial charge in [-0.2, -0.15) is 0 Å². The number of carbonyl (C=O) groups is 1. The Balaban J connectivity index is 2.08. The van der Waals surface area contributed by atoms with Gasteiger partial charge in [0.15, 0.2) is 0 Å². The summed E-state index contributed by atoms with van der Waals surface area (Å²) in [5.74, 6) is 1.26. The first-order chi connectivity index (χ1) is 9.61. The van der Waals surface area contributed by atoms with Gasteiger partial charge < -0.3 is 10.2 Å². The number of rotatable bonds is 4. The molecule has 1 aliphatic heterocycles. The molecule has 0 aliphatic carbocycles. The van der Waals surface area contributed by atoms with Gasteiger partial charge in [0.1, 0.15) is 5.82 Å². The molecule has 1 aromatic rings. The number of nitrogens with zero attached hydrogens (tertiary/aromatic N) is 2. The molecular formula is C15H22ClN3O. The van der Waals surface area contributed by atoms with Crippen molar-refractivity contribution in [3.63, 3.8) is 0 Å². The number of aromatic nitrogens is 1. The summed E-state index contributed by atoms with van der Waals surface area (Å²) in [6, 6.07) is 1.72. The first-order valence-corrected chi connectivity index (χ1v) is 7.68. The van der Waals surface area contributed by atoms with Crippen molar-refractivity contribution < 1.29 is 4.79 Å². The molecule has 1 aromatic heterocycles. The summed E-state index contributed by atoms with van der Waals surface area (Å²) in [6.07, 6.45) is 4.89. The molecule has 1 aliphatic rings. The molecule has 1 saturated heterocycles. The average Bonchev–Trinajstić information content (AvgIpc) is 2.45. The number of pyridine rings is 1. The third-order valence-electron chi connectivity index (χ3n) is 3.57. The van der Waals surface area contributed by atoms with E-state index < -0.39 is 0 Å². The Morgan fingerprint density at radius 2 is 2.40 bits per heavy atom. The lowest BCUT2D eigenvalue weighted by atomic mass is 10.00. The molecule has 0 radical (unpaired) electrons. The minimum absolute atomic E-state index is 0.0352. The van der Waals surface area contributed by atoms with E-state index in [4.69, 9.17) is 11.6 Å². The van der Waals surface area contributed by atoms with Gasteiger partial charge in [0.2, 0.25) is 0 Å². The monoisotopic (exact) mass is 295 g/mol. The van der Waals surface area contributed by atoms with Crippen LogP contribution in [0.5, 0.6) is 0 Å². The normalized spacial score (nSPS) is 18.9. The van der Waals surface area contributed by atoms with Gasteiger partial charge in [-0.05, 0) is 31.2 Å². The number of piperidine rings is 1. The quantitative estimate of drug-likeness (QED) is 0.925. The van der Waals surface area contributed by atoms with E-state index in [1.54, 1.807) is 12.3 Å². The fourth-order valence-corrected chi connectivity index (χ4v) is 2.72. The highest BCUT2D eigenvalue weighted by Crippen LogP contribution is 2.23. The van der Waals surface area contributed by atoms with Crippen molar-refractivity contribution in [3.05, 3.63) is 22.8 Å². The molecule has 1 N–H and O–H groups in total. The SMILES string of the molecule is CCCNc1ncc(C(=O)N2CCCC(C)C2)cc1Cl. The molecular weight excluding hydrogens is 274 g/mol. The van der Waals surface area contributed by atoms with E-state index in [0.717, 1.165) is 32.5 Å². The maximum atomic E-state index is 12.4. The van der Waals surface area contributed by atoms with Crippen LogP contribution in [-0.4, -0.2) is 35.4 Å². The Labute approximate surface area is 125 Å². The lowest BCUT2D eigenvalue weighted by Gasteiger charge is -2.31. The number of nitrogens with one attached hydrogen (secondary N) is 1. The molecule has 1 amide bonds. The number of carbonyl (C=O) groups excluding carboxylic acids is 1. The van der Waals surface area contributed by atoms with Crippen LogP contribution in [0.4, 0.5) is 5.82 Å². The molecule has 1 atom stereocenters. The van der Waals surface area contributed by atoms with Gasteiger partial charge in [-0.3, -0.25) is 4.79 Å². The van der Waals surface area contributed by atoms with Crippen LogP contribution in [0.1, 0.15) is 43.5 Å². The maximum Gasteiger partial charge on any atom is 0.255 e. The molecule has 1 fully saturated rings. The smallest absolute Gasteiger partial charge is 0.255 e. The standard InChI is InChI=1S/C15H22ClN3O/c1-3-6-17-14-13(16)8-12(9-18-14)15(20)19-7-4-5-11(2)10-19/h8-9,11H,3-7,10H2,1-2H3,(H,17,18). The Morgan fingerprint density at radius 3 is 3.05 bits per heavy atom. The van der Waals surface area contributed by atoms with Crippen molar-refractivity contribution in [1.82, 2.24) is 9.88 Å². The molecule has 0 saturated carbocycles. The minimum Gasteiger partial charge on any atom is -0.369 e. The summed E-state index contributed by atoms with van der Waals surface area (Å²) in [7, 11) is 0. The Morgan fingerprint density at radius 1 is 1.60 bits per heavy atom. The van der Waals surface area contributed by atoms with Crippen molar-refractivity contribution >= 4 is 23.3 Å². The van der Waals surface area contributed by atoms with Crippen molar-refractivity contribution in [2.45, 2.75) is 33.1 Å². The predicted molar refractivity (Wildman–Crippen MR) is 82.3 cm³/mol. The lowest BCUT2D eigenvalue weighted by Crippen LogP contribution is -2.39. The molecule has 2 heterocycles. The molecule has 2 rings (SSSR count). The molecule has 5 heteroatoms. The highest BCUT2D eigenvalue weighted by molar-refractivity contribution is 6.33. The van der Waals surface area contributed by atoms with Crippen LogP contribution < -0.4 is 5.32 Å². The molecule has 20 heavy (non-hydrogen) atoms. The number of amides is 1. The molecule has 1 unspecified atom stereocenters. The van der Waals surface area contributed by atoms with E-state index in [-0.39, 0.29) is 5.91 Å². The Bertz CT molecular complexity index is 478. The van der Waals surface area contributed by atoms with E-state index in [2.05, 4.69) is 24.1 Å². The topological polar surface area (TPSA) is 45.2 Å². The second-order valence-corrected chi connectivity index (χ2v) is 5.89. The predicted octanol–water partition coefficient (Wildman–Crippen LogP) is 3.43. The van der Waals surface area contributed by atoms with E-state index in [1.165, 1.54) is 6.42 Å². The van der Waals surface area contributed by atoms with Crippen LogP contribution in [-0.2, 0) is 0 Å². The van der Waals surface area contributed by atoms with Crippen LogP contribution >= 0.6 is 11.6 Å². The van der Waals surface area contributed by atoms with Gasteiger partial charge in [0.25, 0.3) is 5.91 Å². The summed E-state index contributed by atoms with van der Waals surface area (Å²) in [5, 5.41) is 3.66. The van der Waals surface area contributed by atoms with E-state index >= 15 is 0 Å². The minimum atomic E-state index is 0.0352. The number of halogens is 1. The largest absolute Gasteiger partial charge is 0.369 e. The van der Waals surface area contributed by atoms with E-state index in [1.807, 2.05) is 4.90 Å². The zero-order valence-electron chi connectivity index (χ0n) is 12.2. The molecule has 0 spiro atoms. The number of hydrogen-bond acceptors (Lipinski definition) is 3. The third-order valence-corrected chi connectivity index (χ3v) is 3.86. The van der Waals surface area contributed by atoms with Crippen molar-refractivity contribution in [3.8, 4) is 0 Å². The van der Waals surface area contributed by atoms with Crippen LogP contribution in [0.25, 0.3) is 0 Å². The zero-order valence-corrected chi connectivity index (χ0v) is 12.9. The van der Waals surface area contributed by atoms with Gasteiger partial charge in [-0.25, -0.2) is 4.98 Å². The number of anilines is 1. The van der Waals surface area contributed by atoms with E-state index in [9.17, 15) is 4.79 Å². The van der Waals surface area contributed by atoms with Crippen molar-refractivity contribution in [2.24, 2.45) is 5.92 Å². The third kappa shape index (κ3) is 3.63. The fourth-order valence-electron chi connectivity index (χ4n) is 2.48. The van der Waals surface area contributed by atoms with Gasteiger partial charge in [0, 0.05) is 25.8 Å². The summed E-state index contributed by atoms with van der Waals surface area (Å²) < 4.78 is 0. The first kappa shape index (κ1) is 15.1. The van der Waals surface area contributed by atoms with Crippen LogP contribution in [0, 0.1) is 5.92 Å². The molecule has 0 bridgehead atoms.